The maximum atomic E-state index is 13.9. The van der Waals surface area contributed by atoms with Gasteiger partial charge in [-0.15, -0.1) is 0 Å². The number of benzene rings is 1. The molecule has 1 saturated carbocycles. The lowest BCUT2D eigenvalue weighted by Gasteiger charge is -2.21. The molecule has 0 unspecified atom stereocenters. The van der Waals surface area contributed by atoms with Crippen molar-refractivity contribution in [2.75, 3.05) is 0 Å². The molecule has 0 saturated heterocycles. The molecule has 0 bridgehead atoms. The molecule has 4 heteroatoms. The normalized spacial score (nSPS) is 16.7. The van der Waals surface area contributed by atoms with E-state index in [1.807, 2.05) is 10.9 Å². The first kappa shape index (κ1) is 12.2. The topological polar surface area (TPSA) is 38.1 Å². The molecule has 1 heterocycles. The monoisotopic (exact) mass is 260 g/mol. The van der Waals surface area contributed by atoms with Crippen LogP contribution >= 0.6 is 0 Å². The Morgan fingerprint density at radius 3 is 2.79 bits per heavy atom. The number of rotatable bonds is 2. The molecular formula is C15H17FN2O. The minimum absolute atomic E-state index is 0.317. The van der Waals surface area contributed by atoms with Gasteiger partial charge in [-0.2, -0.15) is 5.10 Å². The van der Waals surface area contributed by atoms with Gasteiger partial charge in [0.1, 0.15) is 0 Å². The molecule has 1 aliphatic carbocycles. The lowest BCUT2D eigenvalue weighted by atomic mass is 9.96. The van der Waals surface area contributed by atoms with Gasteiger partial charge in [0.2, 0.25) is 0 Å². The third-order valence-corrected chi connectivity index (χ3v) is 3.84. The summed E-state index contributed by atoms with van der Waals surface area (Å²) in [4.78, 5) is 0. The van der Waals surface area contributed by atoms with E-state index in [0.29, 0.717) is 11.6 Å². The fourth-order valence-electron chi connectivity index (χ4n) is 2.77. The van der Waals surface area contributed by atoms with E-state index in [2.05, 4.69) is 5.10 Å². The van der Waals surface area contributed by atoms with Crippen molar-refractivity contribution in [1.29, 1.82) is 0 Å². The van der Waals surface area contributed by atoms with E-state index in [0.717, 1.165) is 18.4 Å². The second-order valence-electron chi connectivity index (χ2n) is 5.14. The Kier molecular flexibility index (Phi) is 3.23. The fraction of sp³-hybridized carbons (Fsp3) is 0.400. The Bertz CT molecular complexity index is 573. The maximum absolute atomic E-state index is 13.9. The molecule has 0 atom stereocenters. The number of halogens is 1. The molecular weight excluding hydrogens is 243 g/mol. The van der Waals surface area contributed by atoms with Gasteiger partial charge >= 0.3 is 0 Å². The number of aromatic hydroxyl groups is 1. The van der Waals surface area contributed by atoms with Gasteiger partial charge in [-0.1, -0.05) is 31.4 Å². The van der Waals surface area contributed by atoms with E-state index in [1.54, 1.807) is 18.3 Å². The Morgan fingerprint density at radius 1 is 1.21 bits per heavy atom. The molecule has 1 aromatic carbocycles. The van der Waals surface area contributed by atoms with Gasteiger partial charge < -0.3 is 5.11 Å². The van der Waals surface area contributed by atoms with Crippen molar-refractivity contribution in [3.8, 4) is 16.9 Å². The van der Waals surface area contributed by atoms with Crippen LogP contribution in [-0.2, 0) is 0 Å². The van der Waals surface area contributed by atoms with Crippen LogP contribution in [0.25, 0.3) is 11.1 Å². The molecule has 0 spiro atoms. The van der Waals surface area contributed by atoms with E-state index in [-0.39, 0.29) is 5.75 Å². The van der Waals surface area contributed by atoms with Crippen molar-refractivity contribution >= 4 is 0 Å². The number of hydrogen-bond acceptors (Lipinski definition) is 2. The number of hydrogen-bond donors (Lipinski definition) is 1. The summed E-state index contributed by atoms with van der Waals surface area (Å²) in [6.45, 7) is 0. The summed E-state index contributed by atoms with van der Waals surface area (Å²) in [5, 5.41) is 13.8. The van der Waals surface area contributed by atoms with Gasteiger partial charge in [0, 0.05) is 17.3 Å². The molecule has 1 aliphatic rings. The molecule has 1 N–H and O–H groups in total. The van der Waals surface area contributed by atoms with Crippen LogP contribution in [0, 0.1) is 5.82 Å². The zero-order valence-corrected chi connectivity index (χ0v) is 10.7. The molecule has 3 nitrogen and oxygen atoms in total. The second-order valence-corrected chi connectivity index (χ2v) is 5.14. The van der Waals surface area contributed by atoms with Crippen molar-refractivity contribution in [3.63, 3.8) is 0 Å². The molecule has 0 aliphatic heterocycles. The first-order chi connectivity index (χ1) is 9.25. The van der Waals surface area contributed by atoms with Crippen LogP contribution in [0.3, 0.4) is 0 Å². The van der Waals surface area contributed by atoms with E-state index < -0.39 is 5.82 Å². The average molecular weight is 260 g/mol. The van der Waals surface area contributed by atoms with Gasteiger partial charge in [0.25, 0.3) is 0 Å². The summed E-state index contributed by atoms with van der Waals surface area (Å²) in [7, 11) is 0. The van der Waals surface area contributed by atoms with E-state index >= 15 is 0 Å². The summed E-state index contributed by atoms with van der Waals surface area (Å²) in [6.07, 6.45) is 9.61. The van der Waals surface area contributed by atoms with Gasteiger partial charge in [-0.05, 0) is 18.9 Å². The summed E-state index contributed by atoms with van der Waals surface area (Å²) >= 11 is 0. The summed E-state index contributed by atoms with van der Waals surface area (Å²) < 4.78 is 15.8. The van der Waals surface area contributed by atoms with E-state index in [9.17, 15) is 9.50 Å². The Morgan fingerprint density at radius 2 is 2.00 bits per heavy atom. The second kappa shape index (κ2) is 5.03. The van der Waals surface area contributed by atoms with Gasteiger partial charge in [-0.3, -0.25) is 4.68 Å². The van der Waals surface area contributed by atoms with Crippen molar-refractivity contribution < 1.29 is 9.50 Å². The molecule has 19 heavy (non-hydrogen) atoms. The highest BCUT2D eigenvalue weighted by Crippen LogP contribution is 2.31. The minimum atomic E-state index is -0.578. The SMILES string of the molecule is Oc1cccc(-c2cnn(C3CCCCC3)c2)c1F. The Balaban J connectivity index is 1.90. The zero-order valence-electron chi connectivity index (χ0n) is 10.7. The first-order valence-corrected chi connectivity index (χ1v) is 6.78. The maximum Gasteiger partial charge on any atom is 0.172 e. The molecule has 100 valence electrons. The highest BCUT2D eigenvalue weighted by molar-refractivity contribution is 5.64. The van der Waals surface area contributed by atoms with Crippen LogP contribution in [0.1, 0.15) is 38.1 Å². The third kappa shape index (κ3) is 2.35. The lowest BCUT2D eigenvalue weighted by molar-refractivity contribution is 0.329. The van der Waals surface area contributed by atoms with Crippen LogP contribution in [0.2, 0.25) is 0 Å². The van der Waals surface area contributed by atoms with Crippen molar-refractivity contribution in [1.82, 2.24) is 9.78 Å². The quantitative estimate of drug-likeness (QED) is 0.889. The largest absolute Gasteiger partial charge is 0.505 e. The Hall–Kier alpha value is -1.84. The number of nitrogens with zero attached hydrogens (tertiary/aromatic N) is 2. The highest BCUT2D eigenvalue weighted by Gasteiger charge is 2.17. The predicted octanol–water partition coefficient (Wildman–Crippen LogP) is 3.90. The third-order valence-electron chi connectivity index (χ3n) is 3.84. The molecule has 0 amide bonds. The zero-order chi connectivity index (χ0) is 13.2. The summed E-state index contributed by atoms with van der Waals surface area (Å²) in [6, 6.07) is 5.09. The van der Waals surface area contributed by atoms with Gasteiger partial charge in [0.05, 0.1) is 12.2 Å². The fourth-order valence-corrected chi connectivity index (χ4v) is 2.77. The standard InChI is InChI=1S/C15H17FN2O/c16-15-13(7-4-8-14(15)19)11-9-17-18(10-11)12-5-2-1-3-6-12/h4,7-10,12,19H,1-3,5-6H2. The van der Waals surface area contributed by atoms with Crippen molar-refractivity contribution in [2.24, 2.45) is 0 Å². The molecule has 1 fully saturated rings. The van der Waals surface area contributed by atoms with Crippen LogP contribution in [0.15, 0.2) is 30.6 Å². The highest BCUT2D eigenvalue weighted by atomic mass is 19.1. The lowest BCUT2D eigenvalue weighted by Crippen LogP contribution is -2.12. The van der Waals surface area contributed by atoms with Crippen LogP contribution < -0.4 is 0 Å². The van der Waals surface area contributed by atoms with Crippen molar-refractivity contribution in [3.05, 3.63) is 36.4 Å². The number of aromatic nitrogens is 2. The van der Waals surface area contributed by atoms with Crippen LogP contribution in [-0.4, -0.2) is 14.9 Å². The predicted molar refractivity (Wildman–Crippen MR) is 71.4 cm³/mol. The molecule has 2 aromatic rings. The van der Waals surface area contributed by atoms with Crippen LogP contribution in [0.4, 0.5) is 4.39 Å². The summed E-state index contributed by atoms with van der Waals surface area (Å²) in [5.41, 5.74) is 1.13. The van der Waals surface area contributed by atoms with Crippen molar-refractivity contribution in [2.45, 2.75) is 38.1 Å². The van der Waals surface area contributed by atoms with Gasteiger partial charge in [0.15, 0.2) is 11.6 Å². The molecule has 0 radical (unpaired) electrons. The number of phenols is 1. The smallest absolute Gasteiger partial charge is 0.172 e. The minimum Gasteiger partial charge on any atom is -0.505 e. The molecule has 3 rings (SSSR count). The summed E-state index contributed by atoms with van der Waals surface area (Å²) in [5.74, 6) is -0.895. The molecule has 1 aromatic heterocycles. The number of phenolic OH excluding ortho intramolecular Hbond substituents is 1. The van der Waals surface area contributed by atoms with E-state index in [4.69, 9.17) is 0 Å². The van der Waals surface area contributed by atoms with Gasteiger partial charge in [-0.25, -0.2) is 4.39 Å². The first-order valence-electron chi connectivity index (χ1n) is 6.78. The Labute approximate surface area is 111 Å². The van der Waals surface area contributed by atoms with Crippen LogP contribution in [0.5, 0.6) is 5.75 Å². The average Bonchev–Trinajstić information content (AvgIpc) is 2.92. The van der Waals surface area contributed by atoms with E-state index in [1.165, 1.54) is 25.3 Å².